The van der Waals surface area contributed by atoms with Crippen molar-refractivity contribution in [2.24, 2.45) is 11.8 Å². The van der Waals surface area contributed by atoms with Crippen LogP contribution in [0.15, 0.2) is 48.5 Å². The van der Waals surface area contributed by atoms with Gasteiger partial charge >= 0.3 is 0 Å². The lowest BCUT2D eigenvalue weighted by Gasteiger charge is -2.36. The molecule has 0 aromatic heterocycles. The molecule has 4 rings (SSSR count). The molecule has 2 aliphatic carbocycles. The molecular formula is C32H46O. The van der Waals surface area contributed by atoms with Gasteiger partial charge in [0.05, 0.1) is 5.60 Å². The zero-order valence-corrected chi connectivity index (χ0v) is 21.2. The lowest BCUT2D eigenvalue weighted by atomic mass is 9.74. The van der Waals surface area contributed by atoms with Crippen LogP contribution in [0.3, 0.4) is 0 Å². The topological polar surface area (TPSA) is 20.2 Å². The first kappa shape index (κ1) is 24.5. The quantitative estimate of drug-likeness (QED) is 0.380. The standard InChI is InChI=1S/C32H46O/c1-3-5-6-8-26-9-11-27(12-10-26)28-13-15-29(16-14-28)30-17-19-31(20-18-30)32(33)23-21-25(7-4-2)22-24-32/h13-20,25-27,33H,3-12,21-24H2,1-2H3/t25?,26-,27-,32?. The second-order valence-electron chi connectivity index (χ2n) is 11.2. The third kappa shape index (κ3) is 6.30. The molecule has 0 atom stereocenters. The maximum absolute atomic E-state index is 11.2. The zero-order valence-electron chi connectivity index (χ0n) is 21.2. The second kappa shape index (κ2) is 11.7. The van der Waals surface area contributed by atoms with E-state index in [2.05, 4.69) is 62.4 Å². The Kier molecular flexibility index (Phi) is 8.69. The highest BCUT2D eigenvalue weighted by Gasteiger charge is 2.34. The van der Waals surface area contributed by atoms with Crippen LogP contribution >= 0.6 is 0 Å². The van der Waals surface area contributed by atoms with Crippen molar-refractivity contribution in [3.8, 4) is 11.1 Å². The van der Waals surface area contributed by atoms with E-state index in [4.69, 9.17) is 0 Å². The Morgan fingerprint density at radius 2 is 1.24 bits per heavy atom. The molecule has 2 aliphatic rings. The molecule has 0 amide bonds. The summed E-state index contributed by atoms with van der Waals surface area (Å²) in [6, 6.07) is 18.1. The van der Waals surface area contributed by atoms with Crippen molar-refractivity contribution >= 4 is 0 Å². The number of rotatable bonds is 9. The van der Waals surface area contributed by atoms with Crippen LogP contribution in [-0.2, 0) is 5.60 Å². The minimum absolute atomic E-state index is 0.623. The number of hydrogen-bond donors (Lipinski definition) is 1. The molecule has 2 saturated carbocycles. The summed E-state index contributed by atoms with van der Waals surface area (Å²) >= 11 is 0. The van der Waals surface area contributed by atoms with Gasteiger partial charge in [-0.1, -0.05) is 101 Å². The van der Waals surface area contributed by atoms with Crippen LogP contribution in [0.2, 0.25) is 0 Å². The highest BCUT2D eigenvalue weighted by molar-refractivity contribution is 5.64. The predicted molar refractivity (Wildman–Crippen MR) is 141 cm³/mol. The Labute approximate surface area is 203 Å². The van der Waals surface area contributed by atoms with E-state index in [1.54, 1.807) is 0 Å². The number of unbranched alkanes of at least 4 members (excludes halogenated alkanes) is 2. The Bertz CT molecular complexity index is 818. The summed E-state index contributed by atoms with van der Waals surface area (Å²) in [5, 5.41) is 11.2. The van der Waals surface area contributed by atoms with E-state index < -0.39 is 5.60 Å². The summed E-state index contributed by atoms with van der Waals surface area (Å²) in [6.45, 7) is 4.57. The maximum atomic E-state index is 11.2. The normalized spacial score (nSPS) is 28.0. The van der Waals surface area contributed by atoms with Crippen LogP contribution in [0.4, 0.5) is 0 Å². The van der Waals surface area contributed by atoms with E-state index in [-0.39, 0.29) is 0 Å². The van der Waals surface area contributed by atoms with Crippen LogP contribution < -0.4 is 0 Å². The van der Waals surface area contributed by atoms with Gasteiger partial charge in [-0.15, -0.1) is 0 Å². The van der Waals surface area contributed by atoms with Gasteiger partial charge < -0.3 is 5.11 Å². The van der Waals surface area contributed by atoms with Crippen molar-refractivity contribution in [3.05, 3.63) is 59.7 Å². The molecule has 0 unspecified atom stereocenters. The summed E-state index contributed by atoms with van der Waals surface area (Å²) in [6.07, 6.45) is 17.9. The van der Waals surface area contributed by atoms with Gasteiger partial charge in [0, 0.05) is 0 Å². The molecule has 0 aliphatic heterocycles. The Morgan fingerprint density at radius 3 is 1.82 bits per heavy atom. The number of benzene rings is 2. The largest absolute Gasteiger partial charge is 0.385 e. The molecule has 0 saturated heterocycles. The molecule has 33 heavy (non-hydrogen) atoms. The van der Waals surface area contributed by atoms with Crippen LogP contribution in [0, 0.1) is 11.8 Å². The van der Waals surface area contributed by atoms with Crippen LogP contribution in [0.5, 0.6) is 0 Å². The molecular weight excluding hydrogens is 400 g/mol. The first-order valence-electron chi connectivity index (χ1n) is 14.0. The summed E-state index contributed by atoms with van der Waals surface area (Å²) < 4.78 is 0. The van der Waals surface area contributed by atoms with Crippen molar-refractivity contribution in [3.63, 3.8) is 0 Å². The SMILES string of the molecule is CCCCC[C@H]1CC[C@H](c2ccc(-c3ccc(C4(O)CCC(CCC)CC4)cc3)cc2)CC1. The number of hydrogen-bond acceptors (Lipinski definition) is 1. The van der Waals surface area contributed by atoms with Gasteiger partial charge in [-0.05, 0) is 91.4 Å². The molecule has 0 bridgehead atoms. The average molecular weight is 447 g/mol. The molecule has 0 heterocycles. The average Bonchev–Trinajstić information content (AvgIpc) is 2.87. The van der Waals surface area contributed by atoms with Gasteiger partial charge in [-0.25, -0.2) is 0 Å². The van der Waals surface area contributed by atoms with Gasteiger partial charge in [0.25, 0.3) is 0 Å². The lowest BCUT2D eigenvalue weighted by Crippen LogP contribution is -2.31. The Balaban J connectivity index is 1.32. The van der Waals surface area contributed by atoms with Gasteiger partial charge in [0.1, 0.15) is 0 Å². The van der Waals surface area contributed by atoms with Crippen molar-refractivity contribution in [1.29, 1.82) is 0 Å². The molecule has 2 fully saturated rings. The fourth-order valence-electron chi connectivity index (χ4n) is 6.53. The smallest absolute Gasteiger partial charge is 0.0896 e. The summed E-state index contributed by atoms with van der Waals surface area (Å²) in [4.78, 5) is 0. The van der Waals surface area contributed by atoms with Gasteiger partial charge in [0.2, 0.25) is 0 Å². The zero-order chi connectivity index (χ0) is 23.1. The molecule has 1 heteroatoms. The summed E-state index contributed by atoms with van der Waals surface area (Å²) in [5.74, 6) is 2.53. The fraction of sp³-hybridized carbons (Fsp3) is 0.625. The van der Waals surface area contributed by atoms with E-state index in [1.165, 1.54) is 80.9 Å². The highest BCUT2D eigenvalue weighted by atomic mass is 16.3. The van der Waals surface area contributed by atoms with Crippen LogP contribution in [0.25, 0.3) is 11.1 Å². The summed E-state index contributed by atoms with van der Waals surface area (Å²) in [5.41, 5.74) is 4.56. The number of aliphatic hydroxyl groups is 1. The predicted octanol–water partition coefficient (Wildman–Crippen LogP) is 9.39. The summed E-state index contributed by atoms with van der Waals surface area (Å²) in [7, 11) is 0. The van der Waals surface area contributed by atoms with Gasteiger partial charge in [0.15, 0.2) is 0 Å². The minimum Gasteiger partial charge on any atom is -0.385 e. The molecule has 0 spiro atoms. The molecule has 180 valence electrons. The lowest BCUT2D eigenvalue weighted by molar-refractivity contribution is -0.0152. The van der Waals surface area contributed by atoms with E-state index in [0.29, 0.717) is 0 Å². The monoisotopic (exact) mass is 446 g/mol. The van der Waals surface area contributed by atoms with Gasteiger partial charge in [-0.2, -0.15) is 0 Å². The van der Waals surface area contributed by atoms with Crippen LogP contribution in [0.1, 0.15) is 121 Å². The third-order valence-electron chi connectivity index (χ3n) is 8.83. The fourth-order valence-corrected chi connectivity index (χ4v) is 6.53. The molecule has 1 nitrogen and oxygen atoms in total. The minimum atomic E-state index is -0.623. The van der Waals surface area contributed by atoms with E-state index in [9.17, 15) is 5.11 Å². The maximum Gasteiger partial charge on any atom is 0.0896 e. The van der Waals surface area contributed by atoms with E-state index >= 15 is 0 Å². The molecule has 0 radical (unpaired) electrons. The molecule has 2 aromatic carbocycles. The van der Waals surface area contributed by atoms with E-state index in [1.807, 2.05) is 0 Å². The van der Waals surface area contributed by atoms with Gasteiger partial charge in [-0.3, -0.25) is 0 Å². The van der Waals surface area contributed by atoms with Crippen molar-refractivity contribution in [1.82, 2.24) is 0 Å². The first-order valence-corrected chi connectivity index (χ1v) is 14.0. The van der Waals surface area contributed by atoms with Crippen LogP contribution in [-0.4, -0.2) is 5.11 Å². The first-order chi connectivity index (χ1) is 16.1. The Hall–Kier alpha value is -1.60. The third-order valence-corrected chi connectivity index (χ3v) is 8.83. The highest BCUT2D eigenvalue weighted by Crippen LogP contribution is 2.42. The van der Waals surface area contributed by atoms with Crippen molar-refractivity contribution in [2.45, 2.75) is 115 Å². The Morgan fingerprint density at radius 1 is 0.667 bits per heavy atom. The van der Waals surface area contributed by atoms with E-state index in [0.717, 1.165) is 49.0 Å². The molecule has 2 aromatic rings. The second-order valence-corrected chi connectivity index (χ2v) is 11.2. The van der Waals surface area contributed by atoms with Crippen molar-refractivity contribution in [2.75, 3.05) is 0 Å². The van der Waals surface area contributed by atoms with Crippen molar-refractivity contribution < 1.29 is 5.11 Å². The molecule has 1 N–H and O–H groups in total.